The molecule has 1 aliphatic rings. The molecule has 1 fully saturated rings. The average molecular weight is 319 g/mol. The van der Waals surface area contributed by atoms with Crippen LogP contribution in [0.5, 0.6) is 0 Å². The Balaban J connectivity index is 2.90. The Labute approximate surface area is 128 Å². The van der Waals surface area contributed by atoms with Gasteiger partial charge in [-0.15, -0.1) is 0 Å². The van der Waals surface area contributed by atoms with Crippen LogP contribution in [0.25, 0.3) is 0 Å². The minimum atomic E-state index is -3.05. The molecule has 0 saturated carbocycles. The van der Waals surface area contributed by atoms with E-state index in [4.69, 9.17) is 0 Å². The van der Waals surface area contributed by atoms with Crippen molar-refractivity contribution in [1.29, 1.82) is 0 Å². The number of guanidine groups is 1. The number of aliphatic hydroxyl groups is 1. The van der Waals surface area contributed by atoms with Crippen LogP contribution in [0, 0.1) is 5.41 Å². The molecule has 21 heavy (non-hydrogen) atoms. The lowest BCUT2D eigenvalue weighted by atomic mass is 9.95. The van der Waals surface area contributed by atoms with E-state index in [0.29, 0.717) is 19.6 Å². The molecule has 0 aromatic rings. The second-order valence-electron chi connectivity index (χ2n) is 6.99. The van der Waals surface area contributed by atoms with Gasteiger partial charge in [0.1, 0.15) is 0 Å². The van der Waals surface area contributed by atoms with Crippen molar-refractivity contribution in [3.8, 4) is 0 Å². The summed E-state index contributed by atoms with van der Waals surface area (Å²) in [5.74, 6) is 0.871. The Bertz CT molecular complexity index is 484. The molecule has 2 N–H and O–H groups in total. The van der Waals surface area contributed by atoms with E-state index in [0.717, 1.165) is 12.5 Å². The molecule has 0 amide bonds. The quantitative estimate of drug-likeness (QED) is 0.582. The summed E-state index contributed by atoms with van der Waals surface area (Å²) in [6.45, 7) is 11.6. The molecule has 0 aromatic carbocycles. The summed E-state index contributed by atoms with van der Waals surface area (Å²) < 4.78 is 23.4. The van der Waals surface area contributed by atoms with Gasteiger partial charge >= 0.3 is 0 Å². The van der Waals surface area contributed by atoms with Gasteiger partial charge in [0.2, 0.25) is 0 Å². The van der Waals surface area contributed by atoms with E-state index in [9.17, 15) is 13.5 Å². The zero-order valence-electron chi connectivity index (χ0n) is 13.8. The number of rotatable bonds is 4. The molecule has 0 aromatic heterocycles. The molecule has 1 aliphatic heterocycles. The van der Waals surface area contributed by atoms with Gasteiger partial charge in [0, 0.05) is 31.7 Å². The lowest BCUT2D eigenvalue weighted by Gasteiger charge is -2.39. The monoisotopic (exact) mass is 319 g/mol. The molecule has 0 spiro atoms. The van der Waals surface area contributed by atoms with Crippen molar-refractivity contribution in [2.45, 2.75) is 39.4 Å². The first-order valence-corrected chi connectivity index (χ1v) is 9.06. The van der Waals surface area contributed by atoms with Crippen molar-refractivity contribution in [3.63, 3.8) is 0 Å². The number of aliphatic hydroxyl groups excluding tert-OH is 1. The van der Waals surface area contributed by atoms with Crippen LogP contribution in [0.4, 0.5) is 0 Å². The number of sulfone groups is 1. The molecule has 6 nitrogen and oxygen atoms in total. The van der Waals surface area contributed by atoms with E-state index in [2.05, 4.69) is 10.3 Å². The van der Waals surface area contributed by atoms with Gasteiger partial charge in [0.25, 0.3) is 0 Å². The summed E-state index contributed by atoms with van der Waals surface area (Å²) in [4.78, 5) is 6.57. The fourth-order valence-corrected chi connectivity index (χ4v) is 3.46. The Hall–Kier alpha value is -0.820. The van der Waals surface area contributed by atoms with Crippen molar-refractivity contribution in [2.24, 2.45) is 10.4 Å². The van der Waals surface area contributed by atoms with E-state index in [1.165, 1.54) is 0 Å². The topological polar surface area (TPSA) is 82.0 Å². The third-order valence-corrected chi connectivity index (χ3v) is 6.30. The predicted molar refractivity (Wildman–Crippen MR) is 86.3 cm³/mol. The second kappa shape index (κ2) is 6.52. The first kappa shape index (κ1) is 18.2. The molecule has 1 rings (SSSR count). The molecule has 124 valence electrons. The summed E-state index contributed by atoms with van der Waals surface area (Å²) in [5, 5.41) is 12.5. The number of nitrogens with zero attached hydrogens (tertiary/aromatic N) is 2. The first-order chi connectivity index (χ1) is 9.54. The van der Waals surface area contributed by atoms with Gasteiger partial charge < -0.3 is 15.3 Å². The molecular weight excluding hydrogens is 290 g/mol. The summed E-state index contributed by atoms with van der Waals surface area (Å²) in [6.07, 6.45) is 0. The minimum absolute atomic E-state index is 0.0653. The van der Waals surface area contributed by atoms with Gasteiger partial charge in [-0.3, -0.25) is 4.99 Å². The lowest BCUT2D eigenvalue weighted by molar-refractivity contribution is 0.166. The number of hydrogen-bond acceptors (Lipinski definition) is 4. The van der Waals surface area contributed by atoms with Crippen molar-refractivity contribution in [1.82, 2.24) is 10.2 Å². The summed E-state index contributed by atoms with van der Waals surface area (Å²) in [7, 11) is -3.05. The van der Waals surface area contributed by atoms with Crippen LogP contribution in [0.3, 0.4) is 0 Å². The molecule has 0 bridgehead atoms. The molecule has 7 heteroatoms. The zero-order chi connectivity index (χ0) is 16.3. The third-order valence-electron chi connectivity index (χ3n) is 3.76. The third kappa shape index (κ3) is 4.57. The standard InChI is InChI=1S/C14H29N3O3S/c1-6-15-12(16-9-13(2,3)11-18)17-7-8-21(19,20)14(4,5)10-17/h18H,6-11H2,1-5H3,(H,15,16). The molecule has 0 radical (unpaired) electrons. The Kier molecular flexibility index (Phi) is 5.66. The maximum atomic E-state index is 12.1. The van der Waals surface area contributed by atoms with Gasteiger partial charge in [-0.25, -0.2) is 8.42 Å². The van der Waals surface area contributed by atoms with E-state index in [1.807, 2.05) is 25.7 Å². The number of hydrogen-bond donors (Lipinski definition) is 2. The molecule has 0 unspecified atom stereocenters. The fourth-order valence-electron chi connectivity index (χ4n) is 2.09. The Morgan fingerprint density at radius 1 is 1.43 bits per heavy atom. The van der Waals surface area contributed by atoms with Crippen LogP contribution in [0.2, 0.25) is 0 Å². The first-order valence-electron chi connectivity index (χ1n) is 7.41. The SMILES string of the molecule is CCNC(=NCC(C)(C)CO)N1CCS(=O)(=O)C(C)(C)C1. The summed E-state index contributed by atoms with van der Waals surface area (Å²) >= 11 is 0. The Morgan fingerprint density at radius 3 is 2.52 bits per heavy atom. The van der Waals surface area contributed by atoms with E-state index >= 15 is 0 Å². The largest absolute Gasteiger partial charge is 0.396 e. The second-order valence-corrected chi connectivity index (χ2v) is 9.74. The van der Waals surface area contributed by atoms with Crippen molar-refractivity contribution in [3.05, 3.63) is 0 Å². The van der Waals surface area contributed by atoms with Crippen molar-refractivity contribution < 1.29 is 13.5 Å². The van der Waals surface area contributed by atoms with Crippen LogP contribution in [0.1, 0.15) is 34.6 Å². The molecule has 0 aliphatic carbocycles. The maximum absolute atomic E-state index is 12.1. The van der Waals surface area contributed by atoms with Crippen LogP contribution >= 0.6 is 0 Å². The number of nitrogens with one attached hydrogen (secondary N) is 1. The molecule has 1 saturated heterocycles. The average Bonchev–Trinajstić information content (AvgIpc) is 2.38. The fraction of sp³-hybridized carbons (Fsp3) is 0.929. The van der Waals surface area contributed by atoms with Gasteiger partial charge in [-0.2, -0.15) is 0 Å². The van der Waals surface area contributed by atoms with Crippen LogP contribution in [-0.2, 0) is 9.84 Å². The highest BCUT2D eigenvalue weighted by atomic mass is 32.2. The minimum Gasteiger partial charge on any atom is -0.396 e. The Morgan fingerprint density at radius 2 is 2.05 bits per heavy atom. The van der Waals surface area contributed by atoms with Gasteiger partial charge in [-0.05, 0) is 20.8 Å². The molecule has 0 atom stereocenters. The van der Waals surface area contributed by atoms with Crippen molar-refractivity contribution in [2.75, 3.05) is 38.5 Å². The lowest BCUT2D eigenvalue weighted by Crippen LogP contribution is -2.57. The van der Waals surface area contributed by atoms with Crippen LogP contribution in [0.15, 0.2) is 4.99 Å². The number of aliphatic imine (C=N–C) groups is 1. The highest BCUT2D eigenvalue weighted by Gasteiger charge is 2.41. The highest BCUT2D eigenvalue weighted by Crippen LogP contribution is 2.24. The molecule has 1 heterocycles. The van der Waals surface area contributed by atoms with Gasteiger partial charge in [-0.1, -0.05) is 13.8 Å². The predicted octanol–water partition coefficient (Wildman–Crippen LogP) is 0.479. The maximum Gasteiger partial charge on any atom is 0.194 e. The van der Waals surface area contributed by atoms with Crippen LogP contribution < -0.4 is 5.32 Å². The smallest absolute Gasteiger partial charge is 0.194 e. The summed E-state index contributed by atoms with van der Waals surface area (Å²) in [5.41, 5.74) is -0.280. The van der Waals surface area contributed by atoms with Crippen molar-refractivity contribution >= 4 is 15.8 Å². The van der Waals surface area contributed by atoms with Gasteiger partial charge in [0.05, 0.1) is 17.0 Å². The van der Waals surface area contributed by atoms with Crippen LogP contribution in [-0.4, -0.2) is 67.7 Å². The van der Waals surface area contributed by atoms with E-state index < -0.39 is 14.6 Å². The highest BCUT2D eigenvalue weighted by molar-refractivity contribution is 7.92. The van der Waals surface area contributed by atoms with E-state index in [1.54, 1.807) is 13.8 Å². The van der Waals surface area contributed by atoms with E-state index in [-0.39, 0.29) is 17.8 Å². The molecular formula is C14H29N3O3S. The van der Waals surface area contributed by atoms with Gasteiger partial charge in [0.15, 0.2) is 15.8 Å². The zero-order valence-corrected chi connectivity index (χ0v) is 14.6. The normalized spacial score (nSPS) is 22.2. The summed E-state index contributed by atoms with van der Waals surface area (Å²) in [6, 6.07) is 0.